The number of benzene rings is 1. The van der Waals surface area contributed by atoms with Gasteiger partial charge in [-0.2, -0.15) is 0 Å². The molecule has 5 rings (SSSR count). The molecule has 1 aromatic carbocycles. The lowest BCUT2D eigenvalue weighted by Crippen LogP contribution is -2.27. The van der Waals surface area contributed by atoms with E-state index in [1.807, 2.05) is 37.3 Å². The Morgan fingerprint density at radius 1 is 1.24 bits per heavy atom. The van der Waals surface area contributed by atoms with Crippen LogP contribution in [0.5, 0.6) is 0 Å². The number of fused-ring (bicyclic) bond motifs is 5. The molecule has 0 radical (unpaired) electrons. The Labute approximate surface area is 143 Å². The Balaban J connectivity index is 1.83. The number of rotatable bonds is 1. The summed E-state index contributed by atoms with van der Waals surface area (Å²) < 4.78 is 1.61. The standard InChI is InChI=1S/C20H16N2O3/c1-2-20(25)9-16(23)17-13(20)8-15-18-12(10-22(15)19(17)24)7-11-5-3-4-6-14(11)21-18/h3-8,25H,2,9-10H2,1H3. The van der Waals surface area contributed by atoms with E-state index < -0.39 is 5.60 Å². The largest absolute Gasteiger partial charge is 0.385 e. The number of aromatic nitrogens is 2. The van der Waals surface area contributed by atoms with Gasteiger partial charge in [0, 0.05) is 22.9 Å². The molecule has 1 aliphatic heterocycles. The minimum Gasteiger partial charge on any atom is -0.385 e. The smallest absolute Gasteiger partial charge is 0.262 e. The predicted molar refractivity (Wildman–Crippen MR) is 93.7 cm³/mol. The van der Waals surface area contributed by atoms with Crippen LogP contribution in [0.25, 0.3) is 22.3 Å². The van der Waals surface area contributed by atoms with Gasteiger partial charge in [0.25, 0.3) is 5.56 Å². The molecule has 0 amide bonds. The van der Waals surface area contributed by atoms with Crippen molar-refractivity contribution < 1.29 is 9.90 Å². The third kappa shape index (κ3) is 1.79. The van der Waals surface area contributed by atoms with Crippen LogP contribution in [0.1, 0.15) is 41.3 Å². The van der Waals surface area contributed by atoms with Crippen LogP contribution in [-0.4, -0.2) is 20.4 Å². The van der Waals surface area contributed by atoms with E-state index >= 15 is 0 Å². The van der Waals surface area contributed by atoms with Gasteiger partial charge in [-0.3, -0.25) is 9.59 Å². The van der Waals surface area contributed by atoms with Crippen LogP contribution in [-0.2, 0) is 12.1 Å². The van der Waals surface area contributed by atoms with E-state index in [9.17, 15) is 14.7 Å². The van der Waals surface area contributed by atoms with Crippen molar-refractivity contribution in [2.24, 2.45) is 0 Å². The number of ketones is 1. The van der Waals surface area contributed by atoms with Gasteiger partial charge in [-0.05, 0) is 24.6 Å². The average molecular weight is 332 g/mol. The van der Waals surface area contributed by atoms with E-state index in [1.165, 1.54) is 0 Å². The number of carbonyl (C=O) groups excluding carboxylic acids is 1. The van der Waals surface area contributed by atoms with Gasteiger partial charge in [0.2, 0.25) is 0 Å². The van der Waals surface area contributed by atoms with E-state index in [2.05, 4.69) is 0 Å². The van der Waals surface area contributed by atoms with E-state index in [1.54, 1.807) is 10.6 Å². The highest BCUT2D eigenvalue weighted by molar-refractivity contribution is 6.02. The maximum Gasteiger partial charge on any atom is 0.262 e. The number of carbonyl (C=O) groups is 1. The first-order valence-corrected chi connectivity index (χ1v) is 8.45. The fourth-order valence-electron chi connectivity index (χ4n) is 4.07. The number of hydrogen-bond acceptors (Lipinski definition) is 4. The Hall–Kier alpha value is -2.79. The quantitative estimate of drug-likeness (QED) is 0.581. The summed E-state index contributed by atoms with van der Waals surface area (Å²) in [5.74, 6) is -0.270. The fraction of sp³-hybridized carbons (Fsp3) is 0.250. The summed E-state index contributed by atoms with van der Waals surface area (Å²) in [6.45, 7) is 2.24. The SMILES string of the molecule is CCC1(O)CC(=O)c2c1cc1n(c2=O)Cc2cc3ccccc3nc2-1. The molecule has 25 heavy (non-hydrogen) atoms. The molecular weight excluding hydrogens is 316 g/mol. The van der Waals surface area contributed by atoms with Gasteiger partial charge >= 0.3 is 0 Å². The maximum atomic E-state index is 12.9. The number of para-hydroxylation sites is 1. The zero-order valence-electron chi connectivity index (χ0n) is 13.7. The number of hydrogen-bond donors (Lipinski definition) is 1. The first-order chi connectivity index (χ1) is 12.0. The molecular formula is C20H16N2O3. The van der Waals surface area contributed by atoms with E-state index in [0.29, 0.717) is 24.2 Å². The van der Waals surface area contributed by atoms with Crippen LogP contribution in [0.4, 0.5) is 0 Å². The molecule has 3 aromatic rings. The van der Waals surface area contributed by atoms with Crippen molar-refractivity contribution in [1.82, 2.24) is 9.55 Å². The highest BCUT2D eigenvalue weighted by Crippen LogP contribution is 2.41. The first-order valence-electron chi connectivity index (χ1n) is 8.45. The topological polar surface area (TPSA) is 72.2 Å². The van der Waals surface area contributed by atoms with Crippen LogP contribution in [0.15, 0.2) is 41.2 Å². The molecule has 5 heteroatoms. The van der Waals surface area contributed by atoms with E-state index in [4.69, 9.17) is 4.98 Å². The minimum absolute atomic E-state index is 0.0183. The number of pyridine rings is 2. The third-order valence-electron chi connectivity index (χ3n) is 5.49. The minimum atomic E-state index is -1.25. The van der Waals surface area contributed by atoms with Gasteiger partial charge in [0.05, 0.1) is 34.6 Å². The molecule has 0 saturated heterocycles. The Bertz CT molecular complexity index is 1150. The summed E-state index contributed by atoms with van der Waals surface area (Å²) in [7, 11) is 0. The normalized spacial score (nSPS) is 20.6. The zero-order chi connectivity index (χ0) is 17.3. The maximum absolute atomic E-state index is 12.9. The van der Waals surface area contributed by atoms with Gasteiger partial charge in [0.1, 0.15) is 0 Å². The van der Waals surface area contributed by atoms with Crippen molar-refractivity contribution >= 4 is 16.7 Å². The number of aliphatic hydroxyl groups is 1. The summed E-state index contributed by atoms with van der Waals surface area (Å²) in [5.41, 5.74) is 2.31. The number of Topliss-reactive ketones (excluding diaryl/α,β-unsaturated/α-hetero) is 1. The van der Waals surface area contributed by atoms with Crippen LogP contribution < -0.4 is 5.56 Å². The molecule has 0 fully saturated rings. The molecule has 0 bridgehead atoms. The molecule has 2 aliphatic rings. The molecule has 2 aromatic heterocycles. The Kier molecular flexibility index (Phi) is 2.70. The fourth-order valence-corrected chi connectivity index (χ4v) is 4.07. The Morgan fingerprint density at radius 2 is 2.04 bits per heavy atom. The lowest BCUT2D eigenvalue weighted by atomic mass is 9.93. The molecule has 1 atom stereocenters. The second kappa shape index (κ2) is 4.64. The monoisotopic (exact) mass is 332 g/mol. The summed E-state index contributed by atoms with van der Waals surface area (Å²) in [4.78, 5) is 30.0. The van der Waals surface area contributed by atoms with Crippen molar-refractivity contribution in [2.45, 2.75) is 31.9 Å². The molecule has 1 N–H and O–H groups in total. The molecule has 1 unspecified atom stereocenters. The molecule has 0 spiro atoms. The predicted octanol–water partition coefficient (Wildman–Crippen LogP) is 2.61. The van der Waals surface area contributed by atoms with Gasteiger partial charge < -0.3 is 9.67 Å². The van der Waals surface area contributed by atoms with Crippen molar-refractivity contribution in [3.8, 4) is 11.4 Å². The summed E-state index contributed by atoms with van der Waals surface area (Å²) in [6, 6.07) is 11.7. The van der Waals surface area contributed by atoms with Crippen molar-refractivity contribution in [2.75, 3.05) is 0 Å². The van der Waals surface area contributed by atoms with Crippen molar-refractivity contribution in [3.05, 3.63) is 63.4 Å². The second-order valence-electron chi connectivity index (χ2n) is 6.88. The summed E-state index contributed by atoms with van der Waals surface area (Å²) >= 11 is 0. The molecule has 5 nitrogen and oxygen atoms in total. The van der Waals surface area contributed by atoms with Gasteiger partial charge in [0.15, 0.2) is 5.78 Å². The Morgan fingerprint density at radius 3 is 2.84 bits per heavy atom. The van der Waals surface area contributed by atoms with Gasteiger partial charge in [-0.1, -0.05) is 25.1 Å². The highest BCUT2D eigenvalue weighted by atomic mass is 16.3. The number of nitrogens with zero attached hydrogens (tertiary/aromatic N) is 2. The van der Waals surface area contributed by atoms with E-state index in [-0.39, 0.29) is 23.3 Å². The lowest BCUT2D eigenvalue weighted by Gasteiger charge is -2.21. The van der Waals surface area contributed by atoms with Crippen LogP contribution in [0.2, 0.25) is 0 Å². The van der Waals surface area contributed by atoms with Crippen molar-refractivity contribution in [1.29, 1.82) is 0 Å². The summed E-state index contributed by atoms with van der Waals surface area (Å²) in [5, 5.41) is 11.8. The molecule has 3 heterocycles. The van der Waals surface area contributed by atoms with Crippen molar-refractivity contribution in [3.63, 3.8) is 0 Å². The highest BCUT2D eigenvalue weighted by Gasteiger charge is 2.44. The van der Waals surface area contributed by atoms with Gasteiger partial charge in [-0.15, -0.1) is 0 Å². The molecule has 0 saturated carbocycles. The average Bonchev–Trinajstić information content (AvgIpc) is 3.09. The molecule has 124 valence electrons. The van der Waals surface area contributed by atoms with E-state index in [0.717, 1.165) is 22.2 Å². The van der Waals surface area contributed by atoms with Crippen LogP contribution in [0, 0.1) is 0 Å². The van der Waals surface area contributed by atoms with Gasteiger partial charge in [-0.25, -0.2) is 4.98 Å². The summed E-state index contributed by atoms with van der Waals surface area (Å²) in [6.07, 6.45) is 0.377. The first kappa shape index (κ1) is 14.5. The van der Waals surface area contributed by atoms with Crippen LogP contribution >= 0.6 is 0 Å². The molecule has 1 aliphatic carbocycles. The van der Waals surface area contributed by atoms with Crippen LogP contribution in [0.3, 0.4) is 0 Å². The lowest BCUT2D eigenvalue weighted by molar-refractivity contribution is 0.0335. The zero-order valence-corrected chi connectivity index (χ0v) is 13.7. The third-order valence-corrected chi connectivity index (χ3v) is 5.49. The second-order valence-corrected chi connectivity index (χ2v) is 6.88.